The van der Waals surface area contributed by atoms with Crippen LogP contribution in [0.25, 0.3) is 0 Å². The number of ether oxygens (including phenoxy) is 2. The minimum Gasteiger partial charge on any atom is -0.455 e. The molecular weight excluding hydrogens is 644 g/mol. The lowest BCUT2D eigenvalue weighted by Crippen LogP contribution is -2.70. The van der Waals surface area contributed by atoms with Crippen LogP contribution in [-0.2, 0) is 43.0 Å². The quantitative estimate of drug-likeness (QED) is 0.0975. The summed E-state index contributed by atoms with van der Waals surface area (Å²) < 4.78 is 11.0. The van der Waals surface area contributed by atoms with Crippen LogP contribution in [0.15, 0.2) is 28.8 Å². The van der Waals surface area contributed by atoms with Crippen LogP contribution in [0.2, 0.25) is 0 Å². The fraction of sp³-hybridized carbons (Fsp3) is 0.500. The van der Waals surface area contributed by atoms with Crippen LogP contribution in [0, 0.1) is 0 Å². The highest BCUT2D eigenvalue weighted by Crippen LogP contribution is 2.42. The summed E-state index contributed by atoms with van der Waals surface area (Å²) >= 11 is 2.28. The number of hydrogen-bond acceptors (Lipinski definition) is 12. The number of carbonyl (C=O) groups excluding carboxylic acids is 8. The van der Waals surface area contributed by atoms with Crippen molar-refractivity contribution in [3.63, 3.8) is 0 Å². The van der Waals surface area contributed by atoms with Crippen molar-refractivity contribution in [3.8, 4) is 0 Å². The van der Waals surface area contributed by atoms with Crippen molar-refractivity contribution in [2.75, 3.05) is 25.4 Å². The Kier molecular flexibility index (Phi) is 10.4. The van der Waals surface area contributed by atoms with Crippen molar-refractivity contribution >= 4 is 71.1 Å². The first-order chi connectivity index (χ1) is 21.7. The number of likely N-dealkylation sites (N-methyl/N-ethyl adjacent to an activating group) is 1. The van der Waals surface area contributed by atoms with Crippen LogP contribution >= 0.6 is 23.1 Å². The molecule has 3 aliphatic rings. The molecule has 16 nitrogen and oxygen atoms in total. The van der Waals surface area contributed by atoms with Crippen LogP contribution in [0.3, 0.4) is 0 Å². The molecule has 2 unspecified atom stereocenters. The average Bonchev–Trinajstić information content (AvgIpc) is 3.52. The summed E-state index contributed by atoms with van der Waals surface area (Å²) in [6, 6.07) is -0.125. The number of hydrogen-bond donors (Lipinski definition) is 3. The Morgan fingerprint density at radius 2 is 1.83 bits per heavy atom. The van der Waals surface area contributed by atoms with Crippen molar-refractivity contribution < 1.29 is 47.8 Å². The van der Waals surface area contributed by atoms with Crippen LogP contribution < -0.4 is 16.0 Å². The maximum atomic E-state index is 13.8. The van der Waals surface area contributed by atoms with Gasteiger partial charge < -0.3 is 30.3 Å². The van der Waals surface area contributed by atoms with Gasteiger partial charge in [0.2, 0.25) is 12.6 Å². The molecule has 46 heavy (non-hydrogen) atoms. The summed E-state index contributed by atoms with van der Waals surface area (Å²) in [6.07, 6.45) is -1.22. The highest BCUT2D eigenvalue weighted by atomic mass is 32.2. The van der Waals surface area contributed by atoms with E-state index in [-0.39, 0.29) is 36.7 Å². The molecule has 2 saturated heterocycles. The number of thioether (sulfide) groups is 1. The monoisotopic (exact) mass is 678 g/mol. The van der Waals surface area contributed by atoms with Gasteiger partial charge in [-0.3, -0.25) is 38.6 Å². The van der Waals surface area contributed by atoms with Crippen molar-refractivity contribution in [3.05, 3.63) is 33.7 Å². The Bertz CT molecular complexity index is 1470. The number of esters is 2. The van der Waals surface area contributed by atoms with Crippen molar-refractivity contribution in [2.45, 2.75) is 63.9 Å². The number of carbonyl (C=O) groups is 8. The zero-order valence-electron chi connectivity index (χ0n) is 25.7. The largest absolute Gasteiger partial charge is 0.455 e. The number of nitrogens with zero attached hydrogens (tertiary/aromatic N) is 3. The molecule has 3 N–H and O–H groups in total. The van der Waals surface area contributed by atoms with E-state index in [1.807, 2.05) is 0 Å². The van der Waals surface area contributed by atoms with Gasteiger partial charge in [0.25, 0.3) is 11.8 Å². The number of amides is 7. The van der Waals surface area contributed by atoms with Gasteiger partial charge in [0.1, 0.15) is 28.8 Å². The van der Waals surface area contributed by atoms with E-state index in [9.17, 15) is 38.4 Å². The van der Waals surface area contributed by atoms with Crippen molar-refractivity contribution in [1.29, 1.82) is 0 Å². The zero-order valence-corrected chi connectivity index (χ0v) is 27.3. The van der Waals surface area contributed by atoms with E-state index in [2.05, 4.69) is 16.0 Å². The number of nitrogens with one attached hydrogen (secondary N) is 3. The third-order valence-electron chi connectivity index (χ3n) is 7.00. The summed E-state index contributed by atoms with van der Waals surface area (Å²) in [5, 5.41) is 8.45. The number of thiophene rings is 1. The van der Waals surface area contributed by atoms with Crippen LogP contribution in [-0.4, -0.2) is 111 Å². The molecule has 248 valence electrons. The Balaban J connectivity index is 1.67. The third kappa shape index (κ3) is 7.17. The first kappa shape index (κ1) is 34.4. The van der Waals surface area contributed by atoms with Gasteiger partial charge in [0.05, 0.1) is 0 Å². The van der Waals surface area contributed by atoms with Crippen LogP contribution in [0.4, 0.5) is 4.79 Å². The van der Waals surface area contributed by atoms with E-state index >= 15 is 0 Å². The SMILES string of the molecule is CCN1CCN(C(=O)NC(C(=O)NC(OC(C)=O)C2=C(C(=O)OC(C)(C)C)N3C(=O)[C@H](NC=O)[C@H]3SC2)c2cccs2)C(=O)C1=O. The van der Waals surface area contributed by atoms with E-state index in [4.69, 9.17) is 9.47 Å². The zero-order chi connectivity index (χ0) is 33.9. The van der Waals surface area contributed by atoms with Crippen molar-refractivity contribution in [1.82, 2.24) is 30.7 Å². The number of piperazine rings is 1. The Morgan fingerprint density at radius 1 is 1.11 bits per heavy atom. The molecule has 4 heterocycles. The smallest absolute Gasteiger partial charge is 0.355 e. The van der Waals surface area contributed by atoms with Gasteiger partial charge in [-0.25, -0.2) is 9.59 Å². The fourth-order valence-corrected chi connectivity index (χ4v) is 7.07. The summed E-state index contributed by atoms with van der Waals surface area (Å²) in [7, 11) is 0. The molecule has 0 aliphatic carbocycles. The Morgan fingerprint density at radius 3 is 2.41 bits per heavy atom. The van der Waals surface area contributed by atoms with E-state index < -0.39 is 70.9 Å². The predicted octanol–water partition coefficient (Wildman–Crippen LogP) is -0.180. The van der Waals surface area contributed by atoms with Gasteiger partial charge in [-0.05, 0) is 39.1 Å². The van der Waals surface area contributed by atoms with Crippen molar-refractivity contribution in [2.24, 2.45) is 0 Å². The summed E-state index contributed by atoms with van der Waals surface area (Å²) in [6.45, 7) is 7.96. The molecule has 4 rings (SSSR count). The molecule has 1 aromatic rings. The van der Waals surface area contributed by atoms with Crippen LogP contribution in [0.5, 0.6) is 0 Å². The van der Waals surface area contributed by atoms with Gasteiger partial charge in [0.15, 0.2) is 0 Å². The molecule has 0 saturated carbocycles. The maximum absolute atomic E-state index is 13.8. The van der Waals surface area contributed by atoms with Crippen LogP contribution in [0.1, 0.15) is 45.5 Å². The Hall–Kier alpha value is -4.45. The molecule has 7 amide bonds. The second-order valence-corrected chi connectivity index (χ2v) is 13.4. The number of urea groups is 1. The topological polar surface area (TPSA) is 201 Å². The van der Waals surface area contributed by atoms with E-state index in [0.717, 1.165) is 34.9 Å². The normalized spacial score (nSPS) is 21.1. The van der Waals surface area contributed by atoms with Gasteiger partial charge in [-0.2, -0.15) is 0 Å². The highest BCUT2D eigenvalue weighted by molar-refractivity contribution is 8.00. The molecule has 2 fully saturated rings. The standard InChI is InChI=1S/C28H34N6O10S2/c1-6-32-9-10-33(24(40)23(32)39)27(42)30-17(16-8-7-11-45-16)20(37)31-21(43-14(2)36)15-12-46-25-18(29-13-35)22(38)34(25)19(15)26(41)44-28(3,4)5/h7-8,11,13,17-18,21,25H,6,9-10,12H2,1-5H3,(H,29,35)(H,30,42)(H,31,37)/t17?,18-,21?,25+/m0/s1. The first-order valence-electron chi connectivity index (χ1n) is 14.2. The predicted molar refractivity (Wildman–Crippen MR) is 162 cm³/mol. The Labute approximate surface area is 272 Å². The molecule has 0 bridgehead atoms. The minimum absolute atomic E-state index is 0.0212. The number of rotatable bonds is 10. The van der Waals surface area contributed by atoms with E-state index in [0.29, 0.717) is 16.2 Å². The lowest BCUT2D eigenvalue weighted by atomic mass is 10.0. The molecule has 0 aromatic carbocycles. The first-order valence-corrected chi connectivity index (χ1v) is 16.1. The second-order valence-electron chi connectivity index (χ2n) is 11.3. The molecule has 3 aliphatic heterocycles. The molecule has 4 atom stereocenters. The summed E-state index contributed by atoms with van der Waals surface area (Å²) in [5.74, 6) is -5.17. The fourth-order valence-electron chi connectivity index (χ4n) is 4.91. The molecule has 1 aromatic heterocycles. The van der Waals surface area contributed by atoms with E-state index in [1.165, 1.54) is 4.90 Å². The lowest BCUT2D eigenvalue weighted by molar-refractivity contribution is -0.159. The van der Waals surface area contributed by atoms with Gasteiger partial charge in [-0.15, -0.1) is 23.1 Å². The minimum atomic E-state index is -1.59. The second kappa shape index (κ2) is 13.9. The van der Waals surface area contributed by atoms with E-state index in [1.54, 1.807) is 45.2 Å². The summed E-state index contributed by atoms with van der Waals surface area (Å²) in [4.78, 5) is 105. The molecular formula is C28H34N6O10S2. The number of imide groups is 1. The number of β-lactam (4-membered cyclic amide) rings is 1. The molecule has 18 heteroatoms. The highest BCUT2D eigenvalue weighted by Gasteiger charge is 2.55. The van der Waals surface area contributed by atoms with Gasteiger partial charge in [0, 0.05) is 42.8 Å². The third-order valence-corrected chi connectivity index (χ3v) is 9.24. The average molecular weight is 679 g/mol. The maximum Gasteiger partial charge on any atom is 0.355 e. The molecule has 0 spiro atoms. The number of fused-ring (bicyclic) bond motifs is 1. The van der Waals surface area contributed by atoms with Gasteiger partial charge in [-0.1, -0.05) is 6.07 Å². The summed E-state index contributed by atoms with van der Waals surface area (Å²) in [5.41, 5.74) is -1.21. The van der Waals surface area contributed by atoms with Gasteiger partial charge >= 0.3 is 29.8 Å². The molecule has 0 radical (unpaired) electrons. The lowest BCUT2D eigenvalue weighted by Gasteiger charge is -2.50.